The van der Waals surface area contributed by atoms with Crippen LogP contribution in [0.1, 0.15) is 17.2 Å². The molecule has 37 heavy (non-hydrogen) atoms. The molecule has 198 valence electrons. The fourth-order valence-electron chi connectivity index (χ4n) is 4.21. The standard InChI is InChI=1S/C25H26O12/c1-34-16-9-12(4-7-15(16)35-25-21(30)20(29)19(28)17(10-26)36-25)22-18(23(31)32)14(24(33)37-22)8-11-2-5-13(27)6-3-11/h2-9,17-22,25-30H,10H2,1H3,(H,31,32)/b14-8+/t17-,18+,19-,20+,21-,22-,25-/m1/s1. The largest absolute Gasteiger partial charge is 0.508 e. The lowest BCUT2D eigenvalue weighted by Gasteiger charge is -2.39. The number of phenols is 1. The van der Waals surface area contributed by atoms with E-state index in [9.17, 15) is 40.2 Å². The lowest BCUT2D eigenvalue weighted by Crippen LogP contribution is -2.60. The molecular weight excluding hydrogens is 492 g/mol. The Labute approximate surface area is 210 Å². The first-order chi connectivity index (χ1) is 17.6. The third-order valence-electron chi connectivity index (χ3n) is 6.20. The molecule has 2 heterocycles. The van der Waals surface area contributed by atoms with Crippen molar-refractivity contribution in [2.24, 2.45) is 5.92 Å². The van der Waals surface area contributed by atoms with E-state index >= 15 is 0 Å². The molecule has 0 aliphatic carbocycles. The van der Waals surface area contributed by atoms with Gasteiger partial charge in [0, 0.05) is 0 Å². The topological polar surface area (TPSA) is 192 Å². The van der Waals surface area contributed by atoms with Gasteiger partial charge < -0.3 is 49.6 Å². The summed E-state index contributed by atoms with van der Waals surface area (Å²) >= 11 is 0. The molecule has 0 aromatic heterocycles. The lowest BCUT2D eigenvalue weighted by atomic mass is 9.90. The Kier molecular flexibility index (Phi) is 7.66. The number of aliphatic hydroxyl groups excluding tert-OH is 4. The number of esters is 1. The summed E-state index contributed by atoms with van der Waals surface area (Å²) in [6.45, 7) is -0.634. The summed E-state index contributed by atoms with van der Waals surface area (Å²) in [4.78, 5) is 24.8. The van der Waals surface area contributed by atoms with E-state index < -0.39 is 61.3 Å². The Hall–Kier alpha value is -3.68. The van der Waals surface area contributed by atoms with Gasteiger partial charge in [0.25, 0.3) is 0 Å². The van der Waals surface area contributed by atoms with Crippen LogP contribution in [0.15, 0.2) is 48.0 Å². The van der Waals surface area contributed by atoms with Crippen molar-refractivity contribution in [3.8, 4) is 17.2 Å². The number of carboxylic acids is 1. The van der Waals surface area contributed by atoms with Crippen molar-refractivity contribution >= 4 is 18.0 Å². The van der Waals surface area contributed by atoms with Gasteiger partial charge in [-0.3, -0.25) is 4.79 Å². The molecule has 2 aromatic rings. The van der Waals surface area contributed by atoms with Gasteiger partial charge in [-0.25, -0.2) is 4.79 Å². The molecule has 0 spiro atoms. The van der Waals surface area contributed by atoms with Gasteiger partial charge in [0.05, 0.1) is 19.3 Å². The second-order valence-corrected chi connectivity index (χ2v) is 8.56. The number of aliphatic carboxylic acids is 1. The highest BCUT2D eigenvalue weighted by Crippen LogP contribution is 2.43. The highest BCUT2D eigenvalue weighted by Gasteiger charge is 2.47. The third kappa shape index (κ3) is 5.24. The van der Waals surface area contributed by atoms with Gasteiger partial charge in [0.1, 0.15) is 42.2 Å². The van der Waals surface area contributed by atoms with Crippen LogP contribution in [0.25, 0.3) is 6.08 Å². The van der Waals surface area contributed by atoms with Crippen molar-refractivity contribution in [3.63, 3.8) is 0 Å². The van der Waals surface area contributed by atoms with Crippen molar-refractivity contribution in [1.29, 1.82) is 0 Å². The summed E-state index contributed by atoms with van der Waals surface area (Å²) in [7, 11) is 1.31. The molecule has 0 radical (unpaired) electrons. The summed E-state index contributed by atoms with van der Waals surface area (Å²) in [5, 5.41) is 58.9. The van der Waals surface area contributed by atoms with Gasteiger partial charge >= 0.3 is 11.9 Å². The van der Waals surface area contributed by atoms with E-state index in [1.165, 1.54) is 55.7 Å². The smallest absolute Gasteiger partial charge is 0.335 e. The summed E-state index contributed by atoms with van der Waals surface area (Å²) in [5.41, 5.74) is 0.703. The number of methoxy groups -OCH3 is 1. The SMILES string of the molecule is COc1cc([C@H]2OC(=O)/C(=C/c3ccc(O)cc3)[C@@H]2C(=O)O)ccc1O[C@@H]1O[C@H](CO)[C@@H](O)[C@H](O)[C@H]1O. The molecule has 0 unspecified atom stereocenters. The number of ether oxygens (including phenoxy) is 4. The van der Waals surface area contributed by atoms with E-state index in [0.717, 1.165) is 0 Å². The predicted octanol–water partition coefficient (Wildman–Crippen LogP) is -0.0382. The zero-order valence-electron chi connectivity index (χ0n) is 19.5. The number of hydrogen-bond donors (Lipinski definition) is 6. The lowest BCUT2D eigenvalue weighted by molar-refractivity contribution is -0.277. The average molecular weight is 518 g/mol. The quantitative estimate of drug-likeness (QED) is 0.212. The highest BCUT2D eigenvalue weighted by molar-refractivity contribution is 6.02. The van der Waals surface area contributed by atoms with E-state index in [1.807, 2.05) is 0 Å². The van der Waals surface area contributed by atoms with Crippen molar-refractivity contribution < 1.29 is 59.2 Å². The monoisotopic (exact) mass is 518 g/mol. The Morgan fingerprint density at radius 2 is 1.73 bits per heavy atom. The minimum Gasteiger partial charge on any atom is -0.508 e. The Morgan fingerprint density at radius 3 is 2.35 bits per heavy atom. The molecule has 2 fully saturated rings. The fraction of sp³-hybridized carbons (Fsp3) is 0.360. The third-order valence-corrected chi connectivity index (χ3v) is 6.20. The maximum atomic E-state index is 12.6. The van der Waals surface area contributed by atoms with E-state index in [-0.39, 0.29) is 28.4 Å². The fourth-order valence-corrected chi connectivity index (χ4v) is 4.21. The van der Waals surface area contributed by atoms with Crippen LogP contribution in [0.3, 0.4) is 0 Å². The molecule has 7 atom stereocenters. The van der Waals surface area contributed by atoms with Gasteiger partial charge in [0.2, 0.25) is 6.29 Å². The van der Waals surface area contributed by atoms with Crippen molar-refractivity contribution in [2.45, 2.75) is 36.8 Å². The Morgan fingerprint density at radius 1 is 1.03 bits per heavy atom. The molecular formula is C25H26O12. The number of hydrogen-bond acceptors (Lipinski definition) is 11. The molecule has 4 rings (SSSR count). The molecule has 2 aliphatic rings. The van der Waals surface area contributed by atoms with Crippen LogP contribution in [-0.2, 0) is 19.1 Å². The number of carboxylic acid groups (broad SMARTS) is 1. The van der Waals surface area contributed by atoms with Crippen LogP contribution in [0, 0.1) is 5.92 Å². The number of cyclic esters (lactones) is 1. The van der Waals surface area contributed by atoms with Crippen molar-refractivity contribution in [2.75, 3.05) is 13.7 Å². The van der Waals surface area contributed by atoms with E-state index in [2.05, 4.69) is 0 Å². The number of aromatic hydroxyl groups is 1. The number of carbonyl (C=O) groups excluding carboxylic acids is 1. The van der Waals surface area contributed by atoms with E-state index in [1.54, 1.807) is 0 Å². The number of aliphatic hydroxyl groups is 4. The normalized spacial score (nSPS) is 30.7. The van der Waals surface area contributed by atoms with Crippen molar-refractivity contribution in [3.05, 3.63) is 59.2 Å². The number of carbonyl (C=O) groups is 2. The second kappa shape index (κ2) is 10.7. The maximum Gasteiger partial charge on any atom is 0.335 e. The van der Waals surface area contributed by atoms with Gasteiger partial charge in [-0.05, 0) is 41.5 Å². The van der Waals surface area contributed by atoms with Gasteiger partial charge in [0.15, 0.2) is 11.5 Å². The first kappa shape index (κ1) is 26.4. The summed E-state index contributed by atoms with van der Waals surface area (Å²) in [5.74, 6) is -3.32. The highest BCUT2D eigenvalue weighted by atomic mass is 16.7. The number of benzene rings is 2. The van der Waals surface area contributed by atoms with Gasteiger partial charge in [-0.2, -0.15) is 0 Å². The molecule has 12 nitrogen and oxygen atoms in total. The Balaban J connectivity index is 1.61. The molecule has 2 aliphatic heterocycles. The van der Waals surface area contributed by atoms with Gasteiger partial charge in [-0.1, -0.05) is 18.2 Å². The van der Waals surface area contributed by atoms with E-state index in [0.29, 0.717) is 5.56 Å². The zero-order chi connectivity index (χ0) is 26.9. The summed E-state index contributed by atoms with van der Waals surface area (Å²) in [6.07, 6.45) is -7.31. The molecule has 0 amide bonds. The molecule has 0 saturated carbocycles. The number of phenolic OH excluding ortho intramolecular Hbond substituents is 1. The first-order valence-electron chi connectivity index (χ1n) is 11.2. The van der Waals surface area contributed by atoms with Crippen LogP contribution in [-0.4, -0.2) is 87.0 Å². The molecule has 2 aromatic carbocycles. The first-order valence-corrected chi connectivity index (χ1v) is 11.2. The molecule has 12 heteroatoms. The predicted molar refractivity (Wildman–Crippen MR) is 123 cm³/mol. The molecule has 6 N–H and O–H groups in total. The van der Waals surface area contributed by atoms with Gasteiger partial charge in [-0.15, -0.1) is 0 Å². The Bertz CT molecular complexity index is 1170. The molecule has 0 bridgehead atoms. The zero-order valence-corrected chi connectivity index (χ0v) is 19.5. The maximum absolute atomic E-state index is 12.6. The van der Waals surface area contributed by atoms with Crippen LogP contribution >= 0.6 is 0 Å². The molecule has 2 saturated heterocycles. The summed E-state index contributed by atoms with van der Waals surface area (Å²) in [6, 6.07) is 10.1. The van der Waals surface area contributed by atoms with Crippen molar-refractivity contribution in [1.82, 2.24) is 0 Å². The van der Waals surface area contributed by atoms with E-state index in [4.69, 9.17) is 18.9 Å². The second-order valence-electron chi connectivity index (χ2n) is 8.56. The van der Waals surface area contributed by atoms with Crippen LogP contribution in [0.5, 0.6) is 17.2 Å². The number of rotatable bonds is 7. The summed E-state index contributed by atoms with van der Waals surface area (Å²) < 4.78 is 21.7. The minimum absolute atomic E-state index is 0.0157. The van der Waals surface area contributed by atoms with Crippen LogP contribution < -0.4 is 9.47 Å². The van der Waals surface area contributed by atoms with Crippen LogP contribution in [0.4, 0.5) is 0 Å². The minimum atomic E-state index is -1.65. The van der Waals surface area contributed by atoms with Crippen LogP contribution in [0.2, 0.25) is 0 Å². The average Bonchev–Trinajstić information content (AvgIpc) is 3.21.